The molecule has 0 aromatic heterocycles. The van der Waals surface area contributed by atoms with Crippen LogP contribution in [0.2, 0.25) is 0 Å². The molecule has 10 heteroatoms. The number of hydrogen-bond donors (Lipinski definition) is 3. The van der Waals surface area contributed by atoms with Crippen molar-refractivity contribution >= 4 is 34.8 Å². The van der Waals surface area contributed by atoms with Crippen LogP contribution >= 0.6 is 11.8 Å². The van der Waals surface area contributed by atoms with Gasteiger partial charge in [0.15, 0.2) is 0 Å². The highest BCUT2D eigenvalue weighted by Crippen LogP contribution is 2.33. The van der Waals surface area contributed by atoms with E-state index in [4.69, 9.17) is 11.0 Å². The van der Waals surface area contributed by atoms with Crippen molar-refractivity contribution in [3.63, 3.8) is 0 Å². The molecule has 0 radical (unpaired) electrons. The van der Waals surface area contributed by atoms with E-state index in [9.17, 15) is 18.0 Å². The Labute approximate surface area is 244 Å². The maximum Gasteiger partial charge on any atom is 0.430 e. The molecule has 4 N–H and O–H groups in total. The molecular formula is C31H36F3N5OS. The summed E-state index contributed by atoms with van der Waals surface area (Å²) in [6, 6.07) is 15.1. The Kier molecular flexibility index (Phi) is 11.6. The number of hydrogen-bond acceptors (Lipinski definition) is 6. The third-order valence-corrected chi connectivity index (χ3v) is 7.73. The lowest BCUT2D eigenvalue weighted by molar-refractivity contribution is -0.110. The van der Waals surface area contributed by atoms with Gasteiger partial charge in [-0.2, -0.15) is 18.4 Å². The summed E-state index contributed by atoms with van der Waals surface area (Å²) in [4.78, 5) is 17.3. The highest BCUT2D eigenvalue weighted by atomic mass is 32.2. The number of amides is 1. The normalized spacial score (nSPS) is 16.7. The quantitative estimate of drug-likeness (QED) is 0.213. The number of carbonyl (C=O) groups excluding carboxylic acids is 1. The minimum Gasteiger partial charge on any atom is -0.395 e. The molecular weight excluding hydrogens is 547 g/mol. The molecule has 41 heavy (non-hydrogen) atoms. The predicted octanol–water partition coefficient (Wildman–Crippen LogP) is 7.40. The number of nitrogens with one attached hydrogen (secondary N) is 2. The van der Waals surface area contributed by atoms with Gasteiger partial charge in [0.1, 0.15) is 11.4 Å². The number of benzene rings is 2. The largest absolute Gasteiger partial charge is 0.430 e. The van der Waals surface area contributed by atoms with Crippen LogP contribution in [0.25, 0.3) is 0 Å². The third-order valence-electron chi connectivity index (χ3n) is 6.72. The standard InChI is InChI=1S/C31H36F3N5OS/c1-4-20(2)13-14-41-21(3)29(37-19-22-11-12-22)24-8-6-10-26(16-24)39-30(40)27(17-28(36)31(32,33)34)38-25-9-5-7-23(15-25)18-35/h5-10,13-17,20-22,29,37H,4,11-12,19,36H2,1-3H3,(H,39,40)/b14-13-,28-17?,38-27?. The van der Waals surface area contributed by atoms with E-state index in [-0.39, 0.29) is 22.5 Å². The molecule has 0 bridgehead atoms. The zero-order valence-corrected chi connectivity index (χ0v) is 24.2. The lowest BCUT2D eigenvalue weighted by Gasteiger charge is -2.25. The third kappa shape index (κ3) is 10.4. The molecule has 2 aromatic rings. The molecule has 2 aromatic carbocycles. The molecule has 6 nitrogen and oxygen atoms in total. The van der Waals surface area contributed by atoms with Crippen molar-refractivity contribution in [1.29, 1.82) is 5.26 Å². The number of nitrogens with zero attached hydrogens (tertiary/aromatic N) is 2. The van der Waals surface area contributed by atoms with Gasteiger partial charge in [0.2, 0.25) is 0 Å². The fourth-order valence-electron chi connectivity index (χ4n) is 3.86. The van der Waals surface area contributed by atoms with Gasteiger partial charge in [-0.25, -0.2) is 4.99 Å². The molecule has 3 rings (SSSR count). The fraction of sp³-hybridized carbons (Fsp3) is 0.387. The number of aliphatic imine (C=N–C) groups is 1. The van der Waals surface area contributed by atoms with Crippen LogP contribution in [0, 0.1) is 23.2 Å². The fourth-order valence-corrected chi connectivity index (χ4v) is 4.87. The molecule has 3 atom stereocenters. The van der Waals surface area contributed by atoms with E-state index in [1.807, 2.05) is 18.2 Å². The van der Waals surface area contributed by atoms with Gasteiger partial charge >= 0.3 is 6.18 Å². The lowest BCUT2D eigenvalue weighted by Crippen LogP contribution is -2.30. The van der Waals surface area contributed by atoms with E-state index in [0.717, 1.165) is 18.5 Å². The van der Waals surface area contributed by atoms with Crippen LogP contribution in [0.3, 0.4) is 0 Å². The molecule has 1 fully saturated rings. The molecule has 3 unspecified atom stereocenters. The van der Waals surface area contributed by atoms with Crippen molar-refractivity contribution in [2.45, 2.75) is 57.5 Å². The average Bonchev–Trinajstić information content (AvgIpc) is 3.77. The second-order valence-electron chi connectivity index (χ2n) is 10.2. The van der Waals surface area contributed by atoms with Gasteiger partial charge in [-0.15, -0.1) is 11.8 Å². The number of alkyl halides is 3. The molecule has 0 aliphatic heterocycles. The summed E-state index contributed by atoms with van der Waals surface area (Å²) in [5, 5.41) is 17.8. The number of thioether (sulfide) groups is 1. The van der Waals surface area contributed by atoms with Crippen LogP contribution in [0.4, 0.5) is 24.5 Å². The topological polar surface area (TPSA) is 103 Å². The van der Waals surface area contributed by atoms with Crippen LogP contribution in [0.5, 0.6) is 0 Å². The van der Waals surface area contributed by atoms with E-state index >= 15 is 0 Å². The highest BCUT2D eigenvalue weighted by Gasteiger charge is 2.32. The summed E-state index contributed by atoms with van der Waals surface area (Å²) in [5.41, 5.74) is 4.99. The number of carbonyl (C=O) groups is 1. The first kappa shape index (κ1) is 32.0. The number of halogens is 3. The summed E-state index contributed by atoms with van der Waals surface area (Å²) >= 11 is 1.73. The summed E-state index contributed by atoms with van der Waals surface area (Å²) in [5.74, 6) is 0.292. The number of rotatable bonds is 13. The van der Waals surface area contributed by atoms with Crippen molar-refractivity contribution in [3.05, 3.63) is 82.9 Å². The van der Waals surface area contributed by atoms with Crippen molar-refractivity contribution < 1.29 is 18.0 Å². The molecule has 0 spiro atoms. The van der Waals surface area contributed by atoms with E-state index in [2.05, 4.69) is 47.9 Å². The second kappa shape index (κ2) is 14.9. The van der Waals surface area contributed by atoms with E-state index in [1.165, 1.54) is 37.1 Å². The van der Waals surface area contributed by atoms with Gasteiger partial charge in [0.25, 0.3) is 5.91 Å². The molecule has 1 amide bonds. The smallest absolute Gasteiger partial charge is 0.395 e. The Balaban J connectivity index is 1.87. The van der Waals surface area contributed by atoms with Crippen molar-refractivity contribution in [2.75, 3.05) is 11.9 Å². The van der Waals surface area contributed by atoms with Crippen molar-refractivity contribution in [2.24, 2.45) is 22.6 Å². The van der Waals surface area contributed by atoms with Crippen molar-refractivity contribution in [3.8, 4) is 6.07 Å². The molecule has 0 saturated heterocycles. The summed E-state index contributed by atoms with van der Waals surface area (Å²) < 4.78 is 39.7. The van der Waals surface area contributed by atoms with Crippen LogP contribution in [-0.2, 0) is 4.79 Å². The van der Waals surface area contributed by atoms with E-state index in [0.29, 0.717) is 23.6 Å². The minimum atomic E-state index is -4.84. The highest BCUT2D eigenvalue weighted by molar-refractivity contribution is 8.02. The molecule has 1 aliphatic carbocycles. The molecule has 1 aliphatic rings. The summed E-state index contributed by atoms with van der Waals surface area (Å²) in [7, 11) is 0. The van der Waals surface area contributed by atoms with Gasteiger partial charge in [0, 0.05) is 17.0 Å². The first-order valence-corrected chi connectivity index (χ1v) is 14.5. The summed E-state index contributed by atoms with van der Waals surface area (Å²) in [6.07, 6.45) is 1.34. The van der Waals surface area contributed by atoms with Gasteiger partial charge in [-0.3, -0.25) is 4.79 Å². The predicted molar refractivity (Wildman–Crippen MR) is 161 cm³/mol. The Morgan fingerprint density at radius 2 is 1.95 bits per heavy atom. The Hall–Kier alpha value is -3.55. The van der Waals surface area contributed by atoms with E-state index < -0.39 is 23.5 Å². The van der Waals surface area contributed by atoms with Crippen LogP contribution in [-0.4, -0.2) is 29.6 Å². The second-order valence-corrected chi connectivity index (χ2v) is 11.5. The number of nitriles is 1. The van der Waals surface area contributed by atoms with Crippen molar-refractivity contribution in [1.82, 2.24) is 5.32 Å². The number of anilines is 1. The van der Waals surface area contributed by atoms with Gasteiger partial charge < -0.3 is 16.4 Å². The Bertz CT molecular complexity index is 1330. The van der Waals surface area contributed by atoms with Gasteiger partial charge in [0.05, 0.1) is 17.3 Å². The van der Waals surface area contributed by atoms with Crippen LogP contribution in [0.1, 0.15) is 57.2 Å². The number of nitrogens with two attached hydrogens (primary N) is 1. The number of allylic oxidation sites excluding steroid dienone is 2. The van der Waals surface area contributed by atoms with E-state index in [1.54, 1.807) is 23.9 Å². The monoisotopic (exact) mass is 583 g/mol. The Morgan fingerprint density at radius 1 is 1.22 bits per heavy atom. The Morgan fingerprint density at radius 3 is 2.61 bits per heavy atom. The lowest BCUT2D eigenvalue weighted by atomic mass is 10.0. The minimum absolute atomic E-state index is 0.0123. The first-order valence-electron chi connectivity index (χ1n) is 13.6. The molecule has 0 heterocycles. The van der Waals surface area contributed by atoms with Gasteiger partial charge in [-0.1, -0.05) is 51.5 Å². The summed E-state index contributed by atoms with van der Waals surface area (Å²) in [6.45, 7) is 7.36. The maximum atomic E-state index is 13.2. The van der Waals surface area contributed by atoms with Gasteiger partial charge in [-0.05, 0) is 78.6 Å². The van der Waals surface area contributed by atoms with Crippen LogP contribution < -0.4 is 16.4 Å². The SMILES string of the molecule is CCC(C)/C=C\SC(C)C(NCC1CC1)c1cccc(NC(=O)C(C=C(N)C(F)(F)F)=Nc2cccc(C#N)c2)c1. The molecule has 1 saturated carbocycles. The maximum absolute atomic E-state index is 13.2. The zero-order chi connectivity index (χ0) is 30.0. The molecule has 218 valence electrons. The first-order chi connectivity index (χ1) is 19.5. The van der Waals surface area contributed by atoms with Crippen LogP contribution in [0.15, 0.2) is 76.8 Å². The zero-order valence-electron chi connectivity index (χ0n) is 23.4. The average molecular weight is 584 g/mol.